The molecule has 0 aliphatic heterocycles. The Bertz CT molecular complexity index is 297. The summed E-state index contributed by atoms with van der Waals surface area (Å²) >= 11 is 0. The fraction of sp³-hybridized carbons (Fsp3) is 0.875. The third-order valence-corrected chi connectivity index (χ3v) is 3.34. The normalized spacial score (nSPS) is 14.4. The number of nitrogens with two attached hydrogens (primary N) is 2. The molecule has 14 heavy (non-hydrogen) atoms. The Hall–Kier alpha value is -0.620. The first kappa shape index (κ1) is 13.4. The van der Waals surface area contributed by atoms with E-state index in [9.17, 15) is 8.42 Å². The van der Waals surface area contributed by atoms with Crippen LogP contribution in [0, 0.1) is 0 Å². The van der Waals surface area contributed by atoms with Gasteiger partial charge in [-0.15, -0.1) is 0 Å². The van der Waals surface area contributed by atoms with Crippen LogP contribution in [0.4, 0.5) is 0 Å². The predicted molar refractivity (Wildman–Crippen MR) is 59.1 cm³/mol. The van der Waals surface area contributed by atoms with Crippen molar-refractivity contribution in [2.75, 3.05) is 18.1 Å². The zero-order valence-electron chi connectivity index (χ0n) is 8.95. The average molecular weight is 221 g/mol. The fourth-order valence-corrected chi connectivity index (χ4v) is 2.65. The maximum atomic E-state index is 11.4. The van der Waals surface area contributed by atoms with Gasteiger partial charge in [-0.1, -0.05) is 0 Å². The Kier molecular flexibility index (Phi) is 4.54. The molecule has 0 spiro atoms. The number of aliphatic imine (C=N–C) groups is 1. The van der Waals surface area contributed by atoms with Crippen LogP contribution in [0.15, 0.2) is 4.99 Å². The molecule has 0 bridgehead atoms. The molecule has 0 radical (unpaired) electrons. The lowest BCUT2D eigenvalue weighted by atomic mass is 10.1. The standard InChI is InChI=1S/C8H19N3O2S/c1-7(9)11-4-5-14(12,13)6-8(2,3)10/h4-6,10H2,1-3H3,(H2,9,11). The summed E-state index contributed by atoms with van der Waals surface area (Å²) in [7, 11) is -3.12. The first-order valence-corrected chi connectivity index (χ1v) is 6.20. The Morgan fingerprint density at radius 2 is 1.93 bits per heavy atom. The minimum Gasteiger partial charge on any atom is -0.388 e. The molecule has 0 aliphatic rings. The van der Waals surface area contributed by atoms with Crippen molar-refractivity contribution in [1.82, 2.24) is 0 Å². The van der Waals surface area contributed by atoms with Crippen LogP contribution in [-0.4, -0.2) is 37.8 Å². The first-order chi connectivity index (χ1) is 6.12. The highest BCUT2D eigenvalue weighted by atomic mass is 32.2. The lowest BCUT2D eigenvalue weighted by Gasteiger charge is -2.17. The van der Waals surface area contributed by atoms with Crippen LogP contribution < -0.4 is 11.5 Å². The second-order valence-corrected chi connectivity index (χ2v) is 6.29. The monoisotopic (exact) mass is 221 g/mol. The van der Waals surface area contributed by atoms with Gasteiger partial charge in [0.05, 0.1) is 23.9 Å². The van der Waals surface area contributed by atoms with Gasteiger partial charge < -0.3 is 11.5 Å². The molecule has 0 amide bonds. The molecule has 0 aromatic heterocycles. The molecule has 0 unspecified atom stereocenters. The van der Waals surface area contributed by atoms with Crippen molar-refractivity contribution in [3.63, 3.8) is 0 Å². The Balaban J connectivity index is 4.18. The Labute approximate surface area is 85.5 Å². The van der Waals surface area contributed by atoms with Crippen molar-refractivity contribution in [2.24, 2.45) is 16.5 Å². The highest BCUT2D eigenvalue weighted by molar-refractivity contribution is 7.91. The molecule has 84 valence electrons. The summed E-state index contributed by atoms with van der Waals surface area (Å²) in [6, 6.07) is 0. The SMILES string of the molecule is CC(N)=NCCS(=O)(=O)CC(C)(C)N. The van der Waals surface area contributed by atoms with Crippen LogP contribution in [0.1, 0.15) is 20.8 Å². The van der Waals surface area contributed by atoms with E-state index in [1.165, 1.54) is 0 Å². The molecule has 0 aliphatic carbocycles. The van der Waals surface area contributed by atoms with Crippen molar-refractivity contribution >= 4 is 15.7 Å². The summed E-state index contributed by atoms with van der Waals surface area (Å²) < 4.78 is 22.9. The second kappa shape index (κ2) is 4.75. The first-order valence-electron chi connectivity index (χ1n) is 4.38. The van der Waals surface area contributed by atoms with E-state index in [0.717, 1.165) is 0 Å². The van der Waals surface area contributed by atoms with E-state index in [1.807, 2.05) is 0 Å². The number of amidine groups is 1. The average Bonchev–Trinajstić information content (AvgIpc) is 1.78. The topological polar surface area (TPSA) is 98.5 Å². The van der Waals surface area contributed by atoms with Gasteiger partial charge in [0.15, 0.2) is 9.84 Å². The number of rotatable bonds is 5. The summed E-state index contributed by atoms with van der Waals surface area (Å²) in [5.74, 6) is 0.369. The van der Waals surface area contributed by atoms with E-state index in [1.54, 1.807) is 20.8 Å². The molecule has 0 atom stereocenters. The number of hydrogen-bond acceptors (Lipinski definition) is 4. The van der Waals surface area contributed by atoms with Crippen LogP contribution in [0.3, 0.4) is 0 Å². The molecule has 0 saturated heterocycles. The van der Waals surface area contributed by atoms with Gasteiger partial charge in [0, 0.05) is 5.54 Å². The van der Waals surface area contributed by atoms with Gasteiger partial charge in [-0.2, -0.15) is 0 Å². The number of nitrogens with zero attached hydrogens (tertiary/aromatic N) is 1. The molecule has 4 N–H and O–H groups in total. The molecule has 0 fully saturated rings. The Morgan fingerprint density at radius 3 is 2.29 bits per heavy atom. The quantitative estimate of drug-likeness (QED) is 0.483. The van der Waals surface area contributed by atoms with Crippen LogP contribution in [0.2, 0.25) is 0 Å². The highest BCUT2D eigenvalue weighted by Gasteiger charge is 2.21. The summed E-state index contributed by atoms with van der Waals surface area (Å²) in [6.45, 7) is 5.20. The van der Waals surface area contributed by atoms with Crippen LogP contribution in [0.25, 0.3) is 0 Å². The fourth-order valence-electron chi connectivity index (χ4n) is 1.00. The smallest absolute Gasteiger partial charge is 0.153 e. The van der Waals surface area contributed by atoms with Gasteiger partial charge in [-0.05, 0) is 20.8 Å². The van der Waals surface area contributed by atoms with Crippen molar-refractivity contribution in [1.29, 1.82) is 0 Å². The van der Waals surface area contributed by atoms with E-state index in [2.05, 4.69) is 4.99 Å². The van der Waals surface area contributed by atoms with E-state index in [0.29, 0.717) is 5.84 Å². The maximum absolute atomic E-state index is 11.4. The number of hydrogen-bond donors (Lipinski definition) is 2. The molecule has 0 aromatic rings. The largest absolute Gasteiger partial charge is 0.388 e. The van der Waals surface area contributed by atoms with Crippen molar-refractivity contribution in [3.8, 4) is 0 Å². The maximum Gasteiger partial charge on any atom is 0.153 e. The van der Waals surface area contributed by atoms with Crippen LogP contribution >= 0.6 is 0 Å². The third-order valence-electron chi connectivity index (χ3n) is 1.36. The molecule has 5 nitrogen and oxygen atoms in total. The molecular weight excluding hydrogens is 202 g/mol. The van der Waals surface area contributed by atoms with Crippen molar-refractivity contribution in [3.05, 3.63) is 0 Å². The zero-order chi connectivity index (χ0) is 11.4. The summed E-state index contributed by atoms with van der Waals surface area (Å²) in [6.07, 6.45) is 0. The lowest BCUT2D eigenvalue weighted by molar-refractivity contribution is 0.544. The highest BCUT2D eigenvalue weighted by Crippen LogP contribution is 2.03. The van der Waals surface area contributed by atoms with Gasteiger partial charge in [0.1, 0.15) is 0 Å². The lowest BCUT2D eigenvalue weighted by Crippen LogP contribution is -2.40. The zero-order valence-corrected chi connectivity index (χ0v) is 9.76. The van der Waals surface area contributed by atoms with Crippen molar-refractivity contribution in [2.45, 2.75) is 26.3 Å². The molecule has 0 heterocycles. The van der Waals surface area contributed by atoms with Crippen molar-refractivity contribution < 1.29 is 8.42 Å². The van der Waals surface area contributed by atoms with E-state index in [4.69, 9.17) is 11.5 Å². The van der Waals surface area contributed by atoms with Gasteiger partial charge in [-0.3, -0.25) is 4.99 Å². The van der Waals surface area contributed by atoms with Gasteiger partial charge in [0.25, 0.3) is 0 Å². The summed E-state index contributed by atoms with van der Waals surface area (Å²) in [5.41, 5.74) is 10.2. The molecule has 0 rings (SSSR count). The van der Waals surface area contributed by atoms with Crippen LogP contribution in [-0.2, 0) is 9.84 Å². The molecular formula is C8H19N3O2S. The predicted octanol–water partition coefficient (Wildman–Crippen LogP) is -0.484. The van der Waals surface area contributed by atoms with E-state index >= 15 is 0 Å². The third kappa shape index (κ3) is 8.00. The van der Waals surface area contributed by atoms with Gasteiger partial charge in [-0.25, -0.2) is 8.42 Å². The van der Waals surface area contributed by atoms with Gasteiger partial charge >= 0.3 is 0 Å². The molecule has 0 saturated carbocycles. The summed E-state index contributed by atoms with van der Waals surface area (Å²) in [5, 5.41) is 0. The van der Waals surface area contributed by atoms with Crippen LogP contribution in [0.5, 0.6) is 0 Å². The minimum absolute atomic E-state index is 0.00215. The van der Waals surface area contributed by atoms with Gasteiger partial charge in [0.2, 0.25) is 0 Å². The van der Waals surface area contributed by atoms with E-state index < -0.39 is 15.4 Å². The summed E-state index contributed by atoms with van der Waals surface area (Å²) in [4.78, 5) is 3.81. The molecule has 0 aromatic carbocycles. The Morgan fingerprint density at radius 1 is 1.43 bits per heavy atom. The second-order valence-electron chi connectivity index (χ2n) is 4.10. The van der Waals surface area contributed by atoms with E-state index in [-0.39, 0.29) is 18.1 Å². The molecule has 6 heteroatoms. The minimum atomic E-state index is -3.12. The number of sulfone groups is 1.